The molecule has 116 valence electrons. The predicted octanol–water partition coefficient (Wildman–Crippen LogP) is 3.12. The molecule has 1 aromatic rings. The van der Waals surface area contributed by atoms with Crippen molar-refractivity contribution in [1.82, 2.24) is 10.0 Å². The maximum Gasteiger partial charge on any atom is 0.0367 e. The molecule has 21 heavy (non-hydrogen) atoms. The van der Waals surface area contributed by atoms with Crippen molar-refractivity contribution < 1.29 is 0 Å². The average molecular weight is 287 g/mol. The molecule has 0 unspecified atom stereocenters. The van der Waals surface area contributed by atoms with Crippen molar-refractivity contribution in [2.75, 3.05) is 44.2 Å². The molecule has 0 aliphatic carbocycles. The van der Waals surface area contributed by atoms with Crippen LogP contribution in [0, 0.1) is 0 Å². The summed E-state index contributed by atoms with van der Waals surface area (Å²) in [5.74, 6) is 0. The Morgan fingerprint density at radius 2 is 1.24 bits per heavy atom. The van der Waals surface area contributed by atoms with Gasteiger partial charge in [-0.15, -0.1) is 0 Å². The molecule has 1 aromatic carbocycles. The molecule has 0 aromatic heterocycles. The van der Waals surface area contributed by atoms with E-state index in [2.05, 4.69) is 60.0 Å². The minimum Gasteiger partial charge on any atom is -0.369 e. The Bertz CT molecular complexity index is 446. The smallest absolute Gasteiger partial charge is 0.0367 e. The lowest BCUT2D eigenvalue weighted by Crippen LogP contribution is -2.53. The van der Waals surface area contributed by atoms with Crippen molar-refractivity contribution >= 4 is 5.69 Å². The number of hydrazine groups is 1. The summed E-state index contributed by atoms with van der Waals surface area (Å²) in [5.41, 5.74) is 3.04. The van der Waals surface area contributed by atoms with Crippen molar-refractivity contribution in [2.24, 2.45) is 0 Å². The standard InChI is InChI=1S/C18H29N3/c1-18(2,3)16-6-8-17(9-7-16)19-12-14-21(15-13-19)20-10-4-5-11-20/h6-9H,4-5,10-15H2,1-3H3. The van der Waals surface area contributed by atoms with Crippen LogP contribution in [-0.4, -0.2) is 49.3 Å². The summed E-state index contributed by atoms with van der Waals surface area (Å²) >= 11 is 0. The first kappa shape index (κ1) is 14.9. The second-order valence-electron chi connectivity index (χ2n) is 7.40. The summed E-state index contributed by atoms with van der Waals surface area (Å²) in [5, 5.41) is 5.12. The molecule has 2 saturated heterocycles. The number of nitrogens with zero attached hydrogens (tertiary/aromatic N) is 3. The van der Waals surface area contributed by atoms with Crippen LogP contribution in [-0.2, 0) is 5.41 Å². The highest BCUT2D eigenvalue weighted by atomic mass is 15.6. The van der Waals surface area contributed by atoms with Crippen LogP contribution in [0.3, 0.4) is 0 Å². The Morgan fingerprint density at radius 1 is 0.714 bits per heavy atom. The quantitative estimate of drug-likeness (QED) is 0.827. The molecule has 3 nitrogen and oxygen atoms in total. The van der Waals surface area contributed by atoms with Gasteiger partial charge in [-0.25, -0.2) is 10.0 Å². The number of benzene rings is 1. The first-order chi connectivity index (χ1) is 10.0. The molecular weight excluding hydrogens is 258 g/mol. The molecule has 2 aliphatic rings. The van der Waals surface area contributed by atoms with Crippen molar-refractivity contribution in [2.45, 2.75) is 39.0 Å². The lowest BCUT2D eigenvalue weighted by atomic mass is 9.87. The minimum absolute atomic E-state index is 0.243. The zero-order valence-corrected chi connectivity index (χ0v) is 13.8. The second kappa shape index (κ2) is 5.98. The first-order valence-corrected chi connectivity index (χ1v) is 8.39. The molecule has 0 spiro atoms. The molecule has 0 saturated carbocycles. The van der Waals surface area contributed by atoms with Crippen LogP contribution in [0.4, 0.5) is 5.69 Å². The summed E-state index contributed by atoms with van der Waals surface area (Å²) in [7, 11) is 0. The highest BCUT2D eigenvalue weighted by Crippen LogP contribution is 2.25. The molecule has 2 heterocycles. The van der Waals surface area contributed by atoms with Gasteiger partial charge < -0.3 is 4.90 Å². The Kier molecular flexibility index (Phi) is 4.23. The van der Waals surface area contributed by atoms with Crippen LogP contribution in [0.25, 0.3) is 0 Å². The zero-order valence-electron chi connectivity index (χ0n) is 13.8. The highest BCUT2D eigenvalue weighted by Gasteiger charge is 2.24. The molecular formula is C18H29N3. The third kappa shape index (κ3) is 3.41. The van der Waals surface area contributed by atoms with E-state index in [1.165, 1.54) is 50.3 Å². The molecule has 2 fully saturated rings. The Labute approximate surface area is 129 Å². The van der Waals surface area contributed by atoms with E-state index in [9.17, 15) is 0 Å². The molecule has 3 heteroatoms. The van der Waals surface area contributed by atoms with Gasteiger partial charge in [-0.05, 0) is 36.0 Å². The Balaban J connectivity index is 1.59. The zero-order chi connectivity index (χ0) is 14.9. The molecule has 0 amide bonds. The fourth-order valence-corrected chi connectivity index (χ4v) is 3.39. The third-order valence-corrected chi connectivity index (χ3v) is 4.84. The lowest BCUT2D eigenvalue weighted by molar-refractivity contribution is -0.00758. The van der Waals surface area contributed by atoms with E-state index in [0.717, 1.165) is 13.1 Å². The van der Waals surface area contributed by atoms with Crippen molar-refractivity contribution in [1.29, 1.82) is 0 Å². The van der Waals surface area contributed by atoms with Gasteiger partial charge in [0.1, 0.15) is 0 Å². The van der Waals surface area contributed by atoms with Gasteiger partial charge in [0.2, 0.25) is 0 Å². The summed E-state index contributed by atoms with van der Waals surface area (Å²) in [6, 6.07) is 9.18. The highest BCUT2D eigenvalue weighted by molar-refractivity contribution is 5.49. The molecule has 0 radical (unpaired) electrons. The molecule has 2 aliphatic heterocycles. The van der Waals surface area contributed by atoms with E-state index in [1.54, 1.807) is 0 Å². The molecule has 0 N–H and O–H groups in total. The monoisotopic (exact) mass is 287 g/mol. The Morgan fingerprint density at radius 3 is 1.76 bits per heavy atom. The largest absolute Gasteiger partial charge is 0.369 e. The summed E-state index contributed by atoms with van der Waals surface area (Å²) in [4.78, 5) is 2.53. The number of hydrogen-bond donors (Lipinski definition) is 0. The number of hydrogen-bond acceptors (Lipinski definition) is 3. The molecule has 0 atom stereocenters. The summed E-state index contributed by atoms with van der Waals surface area (Å²) in [6.45, 7) is 14.0. The first-order valence-electron chi connectivity index (χ1n) is 8.39. The van der Waals surface area contributed by atoms with Gasteiger partial charge in [0.25, 0.3) is 0 Å². The van der Waals surface area contributed by atoms with E-state index in [0.29, 0.717) is 0 Å². The summed E-state index contributed by atoms with van der Waals surface area (Å²) < 4.78 is 0. The van der Waals surface area contributed by atoms with E-state index in [4.69, 9.17) is 0 Å². The van der Waals surface area contributed by atoms with Crippen LogP contribution in [0.5, 0.6) is 0 Å². The van der Waals surface area contributed by atoms with Gasteiger partial charge in [0.15, 0.2) is 0 Å². The number of rotatable bonds is 2. The van der Waals surface area contributed by atoms with Crippen LogP contribution in [0.2, 0.25) is 0 Å². The minimum atomic E-state index is 0.243. The average Bonchev–Trinajstić information content (AvgIpc) is 3.01. The van der Waals surface area contributed by atoms with Crippen molar-refractivity contribution in [3.63, 3.8) is 0 Å². The van der Waals surface area contributed by atoms with Gasteiger partial charge in [0, 0.05) is 45.0 Å². The third-order valence-electron chi connectivity index (χ3n) is 4.84. The van der Waals surface area contributed by atoms with Crippen LogP contribution in [0.15, 0.2) is 24.3 Å². The predicted molar refractivity (Wildman–Crippen MR) is 89.7 cm³/mol. The van der Waals surface area contributed by atoms with E-state index in [1.807, 2.05) is 0 Å². The van der Waals surface area contributed by atoms with E-state index >= 15 is 0 Å². The Hall–Kier alpha value is -1.06. The van der Waals surface area contributed by atoms with Gasteiger partial charge in [-0.1, -0.05) is 32.9 Å². The van der Waals surface area contributed by atoms with Crippen LogP contribution in [0.1, 0.15) is 39.2 Å². The van der Waals surface area contributed by atoms with Gasteiger partial charge in [0.05, 0.1) is 0 Å². The van der Waals surface area contributed by atoms with E-state index in [-0.39, 0.29) is 5.41 Å². The fourth-order valence-electron chi connectivity index (χ4n) is 3.39. The second-order valence-corrected chi connectivity index (χ2v) is 7.40. The normalized spacial score (nSPS) is 22.0. The van der Waals surface area contributed by atoms with Crippen LogP contribution < -0.4 is 4.90 Å². The van der Waals surface area contributed by atoms with Gasteiger partial charge in [-0.3, -0.25) is 0 Å². The maximum atomic E-state index is 2.56. The maximum absolute atomic E-state index is 2.56. The van der Waals surface area contributed by atoms with Crippen LogP contribution >= 0.6 is 0 Å². The number of anilines is 1. The number of piperazine rings is 1. The van der Waals surface area contributed by atoms with E-state index < -0.39 is 0 Å². The lowest BCUT2D eigenvalue weighted by Gasteiger charge is -2.40. The molecule has 0 bridgehead atoms. The van der Waals surface area contributed by atoms with Gasteiger partial charge in [-0.2, -0.15) is 0 Å². The molecule has 3 rings (SSSR count). The fraction of sp³-hybridized carbons (Fsp3) is 0.667. The SMILES string of the molecule is CC(C)(C)c1ccc(N2CCN(N3CCCC3)CC2)cc1. The summed E-state index contributed by atoms with van der Waals surface area (Å²) in [6.07, 6.45) is 2.74. The van der Waals surface area contributed by atoms with Crippen molar-refractivity contribution in [3.05, 3.63) is 29.8 Å². The van der Waals surface area contributed by atoms with Gasteiger partial charge >= 0.3 is 0 Å². The van der Waals surface area contributed by atoms with Crippen molar-refractivity contribution in [3.8, 4) is 0 Å². The topological polar surface area (TPSA) is 9.72 Å².